The predicted octanol–water partition coefficient (Wildman–Crippen LogP) is 2.24. The summed E-state index contributed by atoms with van der Waals surface area (Å²) >= 11 is 0. The fourth-order valence-corrected chi connectivity index (χ4v) is 1.83. The Labute approximate surface area is 122 Å². The number of hydrogen-bond donors (Lipinski definition) is 2. The molecule has 0 aliphatic heterocycles. The van der Waals surface area contributed by atoms with Crippen molar-refractivity contribution in [1.29, 1.82) is 0 Å². The Bertz CT molecular complexity index is 651. The summed E-state index contributed by atoms with van der Waals surface area (Å²) in [6.07, 6.45) is 0.188. The van der Waals surface area contributed by atoms with Crippen LogP contribution in [0.5, 0.6) is 0 Å². The topological polar surface area (TPSA) is 81.4 Å². The minimum absolute atomic E-state index is 0.188. The summed E-state index contributed by atoms with van der Waals surface area (Å²) in [7, 11) is 1.34. The van der Waals surface area contributed by atoms with Gasteiger partial charge in [0, 0.05) is 16.9 Å². The fourth-order valence-electron chi connectivity index (χ4n) is 1.83. The van der Waals surface area contributed by atoms with Gasteiger partial charge in [0.1, 0.15) is 0 Å². The van der Waals surface area contributed by atoms with E-state index in [1.807, 2.05) is 0 Å². The van der Waals surface area contributed by atoms with Gasteiger partial charge in [0.2, 0.25) is 0 Å². The third kappa shape index (κ3) is 4.07. The second kappa shape index (κ2) is 6.56. The first-order chi connectivity index (χ1) is 10.1. The van der Waals surface area contributed by atoms with Crippen LogP contribution in [-0.4, -0.2) is 19.0 Å². The van der Waals surface area contributed by atoms with Gasteiger partial charge in [-0.05, 0) is 35.9 Å². The Hall–Kier alpha value is -2.82. The maximum Gasteiger partial charge on any atom is 0.309 e. The van der Waals surface area contributed by atoms with Crippen LogP contribution in [-0.2, 0) is 16.0 Å². The third-order valence-corrected chi connectivity index (χ3v) is 2.94. The van der Waals surface area contributed by atoms with Crippen LogP contribution in [0.3, 0.4) is 0 Å². The number of carbonyl (C=O) groups excluding carboxylic acids is 2. The molecule has 0 atom stereocenters. The molecule has 5 heteroatoms. The van der Waals surface area contributed by atoms with Crippen molar-refractivity contribution in [3.63, 3.8) is 0 Å². The van der Waals surface area contributed by atoms with E-state index in [0.717, 1.165) is 5.56 Å². The summed E-state index contributed by atoms with van der Waals surface area (Å²) in [6, 6.07) is 13.8. The quantitative estimate of drug-likeness (QED) is 0.666. The molecule has 0 unspecified atom stereocenters. The number of nitrogens with two attached hydrogens (primary N) is 1. The molecular weight excluding hydrogens is 268 g/mol. The number of amides is 1. The summed E-state index contributed by atoms with van der Waals surface area (Å²) < 4.78 is 4.59. The standard InChI is InChI=1S/C16H16N2O3/c1-21-15(19)9-11-5-7-12(8-6-11)16(20)18-14-4-2-3-13(17)10-14/h2-8,10H,9,17H2,1H3,(H,18,20). The van der Waals surface area contributed by atoms with E-state index < -0.39 is 0 Å². The van der Waals surface area contributed by atoms with Gasteiger partial charge in [-0.2, -0.15) is 0 Å². The summed E-state index contributed by atoms with van der Waals surface area (Å²) in [5, 5.41) is 2.76. The highest BCUT2D eigenvalue weighted by atomic mass is 16.5. The number of nitrogens with one attached hydrogen (secondary N) is 1. The lowest BCUT2D eigenvalue weighted by Gasteiger charge is -2.06. The van der Waals surface area contributed by atoms with Gasteiger partial charge < -0.3 is 15.8 Å². The molecule has 0 fully saturated rings. The van der Waals surface area contributed by atoms with E-state index in [-0.39, 0.29) is 18.3 Å². The molecule has 3 N–H and O–H groups in total. The Kier molecular flexibility index (Phi) is 4.56. The van der Waals surface area contributed by atoms with Gasteiger partial charge in [-0.1, -0.05) is 18.2 Å². The zero-order chi connectivity index (χ0) is 15.2. The molecule has 0 heterocycles. The van der Waals surface area contributed by atoms with Crippen LogP contribution in [0.2, 0.25) is 0 Å². The Morgan fingerprint density at radius 3 is 2.48 bits per heavy atom. The Morgan fingerprint density at radius 2 is 1.86 bits per heavy atom. The highest BCUT2D eigenvalue weighted by Crippen LogP contribution is 2.14. The first kappa shape index (κ1) is 14.6. The highest BCUT2D eigenvalue weighted by Gasteiger charge is 2.08. The summed E-state index contributed by atoms with van der Waals surface area (Å²) in [5.41, 5.74) is 8.18. The summed E-state index contributed by atoms with van der Waals surface area (Å²) in [6.45, 7) is 0. The van der Waals surface area contributed by atoms with Crippen LogP contribution < -0.4 is 11.1 Å². The summed E-state index contributed by atoms with van der Waals surface area (Å²) in [4.78, 5) is 23.2. The predicted molar refractivity (Wildman–Crippen MR) is 81.0 cm³/mol. The smallest absolute Gasteiger partial charge is 0.309 e. The number of hydrogen-bond acceptors (Lipinski definition) is 4. The first-order valence-corrected chi connectivity index (χ1v) is 6.41. The molecule has 2 rings (SSSR count). The van der Waals surface area contributed by atoms with Crippen molar-refractivity contribution in [2.24, 2.45) is 0 Å². The van der Waals surface area contributed by atoms with E-state index in [1.165, 1.54) is 7.11 Å². The number of ether oxygens (including phenoxy) is 1. The first-order valence-electron chi connectivity index (χ1n) is 6.41. The average molecular weight is 284 g/mol. The number of rotatable bonds is 4. The second-order valence-electron chi connectivity index (χ2n) is 4.53. The molecule has 1 amide bonds. The fraction of sp³-hybridized carbons (Fsp3) is 0.125. The maximum atomic E-state index is 12.1. The minimum Gasteiger partial charge on any atom is -0.469 e. The van der Waals surface area contributed by atoms with Crippen LogP contribution in [0.1, 0.15) is 15.9 Å². The molecular formula is C16H16N2O3. The molecule has 108 valence electrons. The number of esters is 1. The minimum atomic E-state index is -0.313. The number of anilines is 2. The van der Waals surface area contributed by atoms with E-state index >= 15 is 0 Å². The van der Waals surface area contributed by atoms with Crippen molar-refractivity contribution < 1.29 is 14.3 Å². The lowest BCUT2D eigenvalue weighted by atomic mass is 10.1. The van der Waals surface area contributed by atoms with Crippen LogP contribution in [0, 0.1) is 0 Å². The molecule has 0 radical (unpaired) electrons. The monoisotopic (exact) mass is 284 g/mol. The molecule has 0 aromatic heterocycles. The molecule has 0 saturated carbocycles. The number of carbonyl (C=O) groups is 2. The molecule has 21 heavy (non-hydrogen) atoms. The molecule has 0 bridgehead atoms. The third-order valence-electron chi connectivity index (χ3n) is 2.94. The van der Waals surface area contributed by atoms with Gasteiger partial charge in [0.25, 0.3) is 5.91 Å². The molecule has 2 aromatic rings. The second-order valence-corrected chi connectivity index (χ2v) is 4.53. The number of methoxy groups -OCH3 is 1. The van der Waals surface area contributed by atoms with Crippen molar-refractivity contribution in [1.82, 2.24) is 0 Å². The van der Waals surface area contributed by atoms with Gasteiger partial charge in [0.15, 0.2) is 0 Å². The number of benzene rings is 2. The summed E-state index contributed by atoms with van der Waals surface area (Å²) in [5.74, 6) is -0.544. The molecule has 0 aliphatic carbocycles. The van der Waals surface area contributed by atoms with E-state index in [1.54, 1.807) is 48.5 Å². The van der Waals surface area contributed by atoms with E-state index in [9.17, 15) is 9.59 Å². The molecule has 0 spiro atoms. The van der Waals surface area contributed by atoms with E-state index in [4.69, 9.17) is 5.73 Å². The van der Waals surface area contributed by atoms with E-state index in [2.05, 4.69) is 10.1 Å². The van der Waals surface area contributed by atoms with Crippen molar-refractivity contribution in [3.8, 4) is 0 Å². The van der Waals surface area contributed by atoms with Crippen molar-refractivity contribution >= 4 is 23.3 Å². The van der Waals surface area contributed by atoms with Gasteiger partial charge in [-0.15, -0.1) is 0 Å². The van der Waals surface area contributed by atoms with Crippen molar-refractivity contribution in [2.75, 3.05) is 18.2 Å². The van der Waals surface area contributed by atoms with Crippen LogP contribution >= 0.6 is 0 Å². The molecule has 2 aromatic carbocycles. The molecule has 0 saturated heterocycles. The van der Waals surface area contributed by atoms with Gasteiger partial charge in [0.05, 0.1) is 13.5 Å². The van der Waals surface area contributed by atoms with Crippen LogP contribution in [0.15, 0.2) is 48.5 Å². The number of nitrogen functional groups attached to an aromatic ring is 1. The zero-order valence-corrected chi connectivity index (χ0v) is 11.6. The lowest BCUT2D eigenvalue weighted by Crippen LogP contribution is -2.12. The average Bonchev–Trinajstić information content (AvgIpc) is 2.47. The molecule has 5 nitrogen and oxygen atoms in total. The van der Waals surface area contributed by atoms with Gasteiger partial charge >= 0.3 is 5.97 Å². The zero-order valence-electron chi connectivity index (χ0n) is 11.6. The molecule has 0 aliphatic rings. The van der Waals surface area contributed by atoms with Crippen molar-refractivity contribution in [3.05, 3.63) is 59.7 Å². The van der Waals surface area contributed by atoms with Crippen LogP contribution in [0.4, 0.5) is 11.4 Å². The largest absolute Gasteiger partial charge is 0.469 e. The maximum absolute atomic E-state index is 12.1. The van der Waals surface area contributed by atoms with Gasteiger partial charge in [-0.3, -0.25) is 9.59 Å². The Balaban J connectivity index is 2.04. The normalized spacial score (nSPS) is 9.95. The lowest BCUT2D eigenvalue weighted by molar-refractivity contribution is -0.139. The van der Waals surface area contributed by atoms with E-state index in [0.29, 0.717) is 16.9 Å². The van der Waals surface area contributed by atoms with Crippen LogP contribution in [0.25, 0.3) is 0 Å². The van der Waals surface area contributed by atoms with Gasteiger partial charge in [-0.25, -0.2) is 0 Å². The Morgan fingerprint density at radius 1 is 1.14 bits per heavy atom. The van der Waals surface area contributed by atoms with Crippen molar-refractivity contribution in [2.45, 2.75) is 6.42 Å². The highest BCUT2D eigenvalue weighted by molar-refractivity contribution is 6.04. The SMILES string of the molecule is COC(=O)Cc1ccc(C(=O)Nc2cccc(N)c2)cc1.